The number of carbonyl (C=O) groups excluding carboxylic acids is 1. The molecule has 1 fully saturated rings. The molecule has 0 aromatic carbocycles. The van der Waals surface area contributed by atoms with E-state index in [0.717, 1.165) is 32.5 Å². The highest BCUT2D eigenvalue weighted by molar-refractivity contribution is 5.78. The smallest absolute Gasteiger partial charge is 0.236 e. The molecule has 0 aliphatic carbocycles. The first-order valence-electron chi connectivity index (χ1n) is 8.43. The first-order chi connectivity index (χ1) is 10.9. The summed E-state index contributed by atoms with van der Waals surface area (Å²) >= 11 is 0. The van der Waals surface area contributed by atoms with Gasteiger partial charge in [-0.2, -0.15) is 0 Å². The first-order valence-corrected chi connectivity index (χ1v) is 8.43. The maximum atomic E-state index is 12.3. The minimum absolute atomic E-state index is 0.219. The minimum atomic E-state index is -0.582. The van der Waals surface area contributed by atoms with Crippen molar-refractivity contribution in [1.82, 2.24) is 24.8 Å². The van der Waals surface area contributed by atoms with Gasteiger partial charge in [-0.1, -0.05) is 5.21 Å². The van der Waals surface area contributed by atoms with Crippen LogP contribution >= 0.6 is 0 Å². The maximum absolute atomic E-state index is 12.3. The number of rotatable bonds is 6. The first kappa shape index (κ1) is 17.9. The lowest BCUT2D eigenvalue weighted by atomic mass is 9.97. The van der Waals surface area contributed by atoms with Crippen LogP contribution in [0.5, 0.6) is 0 Å². The average molecular weight is 323 g/mol. The molecule has 1 atom stereocenters. The number of piperidine rings is 1. The number of nitrogens with zero attached hydrogens (tertiary/aromatic N) is 5. The van der Waals surface area contributed by atoms with Crippen LogP contribution in [0.2, 0.25) is 0 Å². The number of likely N-dealkylation sites (tertiary alicyclic amines) is 1. The van der Waals surface area contributed by atoms with Crippen molar-refractivity contribution in [2.24, 2.45) is 5.92 Å². The Balaban J connectivity index is 1.78. The van der Waals surface area contributed by atoms with E-state index in [9.17, 15) is 9.90 Å². The van der Waals surface area contributed by atoms with E-state index < -0.39 is 6.10 Å². The molecule has 7 heteroatoms. The zero-order valence-corrected chi connectivity index (χ0v) is 14.6. The average Bonchev–Trinajstić information content (AvgIpc) is 2.96. The molecule has 0 saturated carbocycles. The molecule has 2 rings (SSSR count). The van der Waals surface area contributed by atoms with E-state index in [1.807, 2.05) is 11.9 Å². The van der Waals surface area contributed by atoms with Crippen LogP contribution in [0.3, 0.4) is 0 Å². The lowest BCUT2D eigenvalue weighted by Crippen LogP contribution is -2.45. The van der Waals surface area contributed by atoms with Crippen molar-refractivity contribution in [2.75, 3.05) is 26.7 Å². The Kier molecular flexibility index (Phi) is 6.12. The van der Waals surface area contributed by atoms with Crippen molar-refractivity contribution >= 4 is 5.91 Å². The molecule has 0 unspecified atom stereocenters. The molecule has 1 aliphatic heterocycles. The third kappa shape index (κ3) is 5.00. The topological polar surface area (TPSA) is 74.5 Å². The van der Waals surface area contributed by atoms with Crippen LogP contribution < -0.4 is 0 Å². The molecule has 1 aliphatic rings. The largest absolute Gasteiger partial charge is 0.387 e. The van der Waals surface area contributed by atoms with Gasteiger partial charge in [0.1, 0.15) is 5.69 Å². The van der Waals surface area contributed by atoms with Gasteiger partial charge in [0.05, 0.1) is 18.8 Å². The van der Waals surface area contributed by atoms with Gasteiger partial charge in [-0.05, 0) is 46.6 Å². The summed E-state index contributed by atoms with van der Waals surface area (Å²) in [5.41, 5.74) is 0.606. The summed E-state index contributed by atoms with van der Waals surface area (Å²) in [5, 5.41) is 17.5. The number of amides is 1. The van der Waals surface area contributed by atoms with E-state index in [2.05, 4.69) is 29.1 Å². The van der Waals surface area contributed by atoms with E-state index in [4.69, 9.17) is 0 Å². The molecule has 130 valence electrons. The van der Waals surface area contributed by atoms with Gasteiger partial charge in [0.25, 0.3) is 0 Å². The summed E-state index contributed by atoms with van der Waals surface area (Å²) in [4.78, 5) is 16.3. The van der Waals surface area contributed by atoms with Crippen LogP contribution in [0, 0.1) is 5.92 Å². The predicted molar refractivity (Wildman–Crippen MR) is 87.7 cm³/mol. The molecular weight excluding hydrogens is 294 g/mol. The van der Waals surface area contributed by atoms with Gasteiger partial charge >= 0.3 is 0 Å². The fraction of sp³-hybridized carbons (Fsp3) is 0.812. The Bertz CT molecular complexity index is 506. The van der Waals surface area contributed by atoms with Gasteiger partial charge in [0.15, 0.2) is 0 Å². The molecule has 7 nitrogen and oxygen atoms in total. The second-order valence-corrected chi connectivity index (χ2v) is 6.87. The van der Waals surface area contributed by atoms with Crippen molar-refractivity contribution in [3.63, 3.8) is 0 Å². The molecule has 0 radical (unpaired) electrons. The van der Waals surface area contributed by atoms with Gasteiger partial charge in [-0.25, -0.2) is 0 Å². The SMILES string of the molecule is CC(C)N(C)CC(=O)N1CCC(Cn2cc([C@H](C)O)nn2)CC1. The Morgan fingerprint density at radius 1 is 1.39 bits per heavy atom. The normalized spacial score (nSPS) is 18.0. The van der Waals surface area contributed by atoms with Crippen molar-refractivity contribution in [3.8, 4) is 0 Å². The molecule has 1 aromatic heterocycles. The van der Waals surface area contributed by atoms with Crippen molar-refractivity contribution in [1.29, 1.82) is 0 Å². The highest BCUT2D eigenvalue weighted by atomic mass is 16.3. The quantitative estimate of drug-likeness (QED) is 0.842. The van der Waals surface area contributed by atoms with Gasteiger partial charge in [0, 0.05) is 25.7 Å². The maximum Gasteiger partial charge on any atom is 0.236 e. The number of aliphatic hydroxyl groups is 1. The van der Waals surface area contributed by atoms with E-state index in [0.29, 0.717) is 24.2 Å². The molecule has 1 aromatic rings. The summed E-state index contributed by atoms with van der Waals surface area (Å²) in [6.45, 7) is 8.79. The van der Waals surface area contributed by atoms with Gasteiger partial charge in [-0.3, -0.25) is 14.4 Å². The molecule has 0 bridgehead atoms. The Hall–Kier alpha value is -1.47. The molecule has 1 saturated heterocycles. The predicted octanol–water partition coefficient (Wildman–Crippen LogP) is 0.910. The fourth-order valence-electron chi connectivity index (χ4n) is 2.72. The Labute approximate surface area is 138 Å². The zero-order valence-electron chi connectivity index (χ0n) is 14.6. The lowest BCUT2D eigenvalue weighted by molar-refractivity contribution is -0.133. The lowest BCUT2D eigenvalue weighted by Gasteiger charge is -2.33. The van der Waals surface area contributed by atoms with E-state index in [1.165, 1.54) is 0 Å². The second kappa shape index (κ2) is 7.88. The Morgan fingerprint density at radius 2 is 2.04 bits per heavy atom. The number of hydrogen-bond donors (Lipinski definition) is 1. The summed E-state index contributed by atoms with van der Waals surface area (Å²) in [6, 6.07) is 0.381. The third-order valence-electron chi connectivity index (χ3n) is 4.66. The molecular formula is C16H29N5O2. The number of aliphatic hydroxyl groups excluding tert-OH is 1. The highest BCUT2D eigenvalue weighted by Gasteiger charge is 2.24. The van der Waals surface area contributed by atoms with Crippen LogP contribution in [0.15, 0.2) is 6.20 Å². The highest BCUT2D eigenvalue weighted by Crippen LogP contribution is 2.19. The number of likely N-dealkylation sites (N-methyl/N-ethyl adjacent to an activating group) is 1. The van der Waals surface area contributed by atoms with Crippen molar-refractivity contribution in [2.45, 2.75) is 52.3 Å². The molecule has 23 heavy (non-hydrogen) atoms. The van der Waals surface area contributed by atoms with Crippen molar-refractivity contribution in [3.05, 3.63) is 11.9 Å². The summed E-state index contributed by atoms with van der Waals surface area (Å²) in [7, 11) is 1.99. The van der Waals surface area contributed by atoms with Gasteiger partial charge < -0.3 is 10.0 Å². The van der Waals surface area contributed by atoms with Crippen LogP contribution in [-0.2, 0) is 11.3 Å². The van der Waals surface area contributed by atoms with Gasteiger partial charge in [-0.15, -0.1) is 5.10 Å². The number of hydrogen-bond acceptors (Lipinski definition) is 5. The third-order valence-corrected chi connectivity index (χ3v) is 4.66. The van der Waals surface area contributed by atoms with Crippen LogP contribution in [-0.4, -0.2) is 68.5 Å². The monoisotopic (exact) mass is 323 g/mol. The molecule has 0 spiro atoms. The summed E-state index contributed by atoms with van der Waals surface area (Å²) in [5.74, 6) is 0.724. The molecule has 2 heterocycles. The van der Waals surface area contributed by atoms with Crippen LogP contribution in [0.4, 0.5) is 0 Å². The minimum Gasteiger partial charge on any atom is -0.387 e. The standard InChI is InChI=1S/C16H29N5O2/c1-12(2)19(4)11-16(23)20-7-5-14(6-8-20)9-21-10-15(13(3)22)17-18-21/h10,12-14,22H,5-9,11H2,1-4H3/t13-/m0/s1. The second-order valence-electron chi connectivity index (χ2n) is 6.87. The van der Waals surface area contributed by atoms with Gasteiger partial charge in [0.2, 0.25) is 5.91 Å². The number of carbonyl (C=O) groups is 1. The van der Waals surface area contributed by atoms with E-state index in [-0.39, 0.29) is 5.91 Å². The zero-order chi connectivity index (χ0) is 17.0. The summed E-state index contributed by atoms with van der Waals surface area (Å²) < 4.78 is 1.80. The number of aromatic nitrogens is 3. The fourth-order valence-corrected chi connectivity index (χ4v) is 2.72. The van der Waals surface area contributed by atoms with E-state index in [1.54, 1.807) is 17.8 Å². The Morgan fingerprint density at radius 3 is 2.57 bits per heavy atom. The van der Waals surface area contributed by atoms with Crippen molar-refractivity contribution < 1.29 is 9.90 Å². The summed E-state index contributed by atoms with van der Waals surface area (Å²) in [6.07, 6.45) is 3.20. The van der Waals surface area contributed by atoms with E-state index >= 15 is 0 Å². The van der Waals surface area contributed by atoms with Crippen LogP contribution in [0.25, 0.3) is 0 Å². The molecule has 1 amide bonds. The molecule has 1 N–H and O–H groups in total. The van der Waals surface area contributed by atoms with Crippen LogP contribution in [0.1, 0.15) is 45.4 Å².